The Kier molecular flexibility index (Phi) is 6.19. The summed E-state index contributed by atoms with van der Waals surface area (Å²) < 4.78 is 0.955. The van der Waals surface area contributed by atoms with E-state index in [0.29, 0.717) is 25.9 Å². The van der Waals surface area contributed by atoms with Crippen molar-refractivity contribution >= 4 is 39.3 Å². The number of anilines is 1. The SMILES string of the molecule is Cc1cc(Br)ccc1NC(=O)CN(C)C(=O)C1CCN(C(=O)C2CC2)CC1. The van der Waals surface area contributed by atoms with Gasteiger partial charge < -0.3 is 15.1 Å². The fourth-order valence-corrected chi connectivity index (χ4v) is 3.97. The van der Waals surface area contributed by atoms with E-state index >= 15 is 0 Å². The van der Waals surface area contributed by atoms with E-state index in [4.69, 9.17) is 0 Å². The lowest BCUT2D eigenvalue weighted by Gasteiger charge is -2.33. The molecule has 3 rings (SSSR count). The zero-order valence-corrected chi connectivity index (χ0v) is 17.4. The maximum Gasteiger partial charge on any atom is 0.243 e. The highest BCUT2D eigenvalue weighted by Crippen LogP contribution is 2.32. The van der Waals surface area contributed by atoms with Gasteiger partial charge in [-0.1, -0.05) is 15.9 Å². The van der Waals surface area contributed by atoms with Crippen molar-refractivity contribution in [1.82, 2.24) is 9.80 Å². The third kappa shape index (κ3) is 5.09. The van der Waals surface area contributed by atoms with Crippen LogP contribution in [0.3, 0.4) is 0 Å². The zero-order valence-electron chi connectivity index (χ0n) is 15.8. The Morgan fingerprint density at radius 3 is 2.41 bits per heavy atom. The van der Waals surface area contributed by atoms with Crippen LogP contribution < -0.4 is 5.32 Å². The predicted octanol–water partition coefficient (Wildman–Crippen LogP) is 2.80. The number of nitrogens with one attached hydrogen (secondary N) is 1. The van der Waals surface area contributed by atoms with Gasteiger partial charge >= 0.3 is 0 Å². The van der Waals surface area contributed by atoms with Crippen LogP contribution in [0.4, 0.5) is 5.69 Å². The minimum absolute atomic E-state index is 0.0174. The largest absolute Gasteiger partial charge is 0.342 e. The molecule has 3 amide bonds. The maximum atomic E-state index is 12.7. The summed E-state index contributed by atoms with van der Waals surface area (Å²) in [5.74, 6) is 0.137. The van der Waals surface area contributed by atoms with Crippen molar-refractivity contribution in [3.8, 4) is 0 Å². The average Bonchev–Trinajstić information content (AvgIpc) is 3.48. The number of carbonyl (C=O) groups is 3. The lowest BCUT2D eigenvalue weighted by atomic mass is 9.95. The van der Waals surface area contributed by atoms with E-state index in [2.05, 4.69) is 21.2 Å². The van der Waals surface area contributed by atoms with Crippen LogP contribution in [0.2, 0.25) is 0 Å². The van der Waals surface area contributed by atoms with Gasteiger partial charge in [0.05, 0.1) is 6.54 Å². The number of halogens is 1. The minimum atomic E-state index is -0.211. The lowest BCUT2D eigenvalue weighted by molar-refractivity contribution is -0.141. The molecule has 0 spiro atoms. The molecule has 27 heavy (non-hydrogen) atoms. The Morgan fingerprint density at radius 2 is 1.81 bits per heavy atom. The second-order valence-electron chi connectivity index (χ2n) is 7.58. The first-order valence-corrected chi connectivity index (χ1v) is 10.2. The van der Waals surface area contributed by atoms with E-state index in [1.807, 2.05) is 30.0 Å². The normalized spacial score (nSPS) is 17.5. The predicted molar refractivity (Wildman–Crippen MR) is 107 cm³/mol. The molecule has 0 aromatic heterocycles. The summed E-state index contributed by atoms with van der Waals surface area (Å²) in [5, 5.41) is 2.86. The maximum absolute atomic E-state index is 12.7. The number of hydrogen-bond donors (Lipinski definition) is 1. The number of likely N-dealkylation sites (tertiary alicyclic amines) is 1. The third-order valence-electron chi connectivity index (χ3n) is 5.30. The van der Waals surface area contributed by atoms with Crippen molar-refractivity contribution in [2.24, 2.45) is 11.8 Å². The van der Waals surface area contributed by atoms with Crippen LogP contribution in [0.5, 0.6) is 0 Å². The van der Waals surface area contributed by atoms with Gasteiger partial charge in [-0.25, -0.2) is 0 Å². The number of piperidine rings is 1. The van der Waals surface area contributed by atoms with Gasteiger partial charge in [0.1, 0.15) is 0 Å². The van der Waals surface area contributed by atoms with Gasteiger partial charge in [-0.3, -0.25) is 14.4 Å². The Balaban J connectivity index is 1.47. The van der Waals surface area contributed by atoms with E-state index < -0.39 is 0 Å². The minimum Gasteiger partial charge on any atom is -0.342 e. The lowest BCUT2D eigenvalue weighted by Crippen LogP contribution is -2.45. The van der Waals surface area contributed by atoms with Crippen LogP contribution in [-0.4, -0.2) is 54.2 Å². The van der Waals surface area contributed by atoms with Crippen molar-refractivity contribution in [1.29, 1.82) is 0 Å². The highest BCUT2D eigenvalue weighted by atomic mass is 79.9. The molecule has 1 saturated heterocycles. The number of aryl methyl sites for hydroxylation is 1. The van der Waals surface area contributed by atoms with Crippen molar-refractivity contribution < 1.29 is 14.4 Å². The first-order valence-electron chi connectivity index (χ1n) is 9.45. The molecule has 1 aromatic rings. The Labute approximate surface area is 168 Å². The molecule has 2 fully saturated rings. The van der Waals surface area contributed by atoms with Gasteiger partial charge in [0.15, 0.2) is 0 Å². The molecule has 0 bridgehead atoms. The molecule has 1 aliphatic heterocycles. The number of carbonyl (C=O) groups excluding carboxylic acids is 3. The molecule has 7 heteroatoms. The van der Waals surface area contributed by atoms with Crippen LogP contribution in [0.1, 0.15) is 31.2 Å². The van der Waals surface area contributed by atoms with Crippen molar-refractivity contribution in [2.45, 2.75) is 32.6 Å². The van der Waals surface area contributed by atoms with E-state index in [-0.39, 0.29) is 36.1 Å². The van der Waals surface area contributed by atoms with Crippen LogP contribution in [-0.2, 0) is 14.4 Å². The summed E-state index contributed by atoms with van der Waals surface area (Å²) in [6.07, 6.45) is 3.37. The molecule has 0 unspecified atom stereocenters. The van der Waals surface area contributed by atoms with Crippen LogP contribution in [0.15, 0.2) is 22.7 Å². The smallest absolute Gasteiger partial charge is 0.243 e. The van der Waals surface area contributed by atoms with Crippen LogP contribution >= 0.6 is 15.9 Å². The highest BCUT2D eigenvalue weighted by Gasteiger charge is 2.36. The number of rotatable bonds is 5. The first kappa shape index (κ1) is 19.9. The van der Waals surface area contributed by atoms with E-state index in [1.165, 1.54) is 4.90 Å². The molecule has 2 aliphatic rings. The Morgan fingerprint density at radius 1 is 1.15 bits per heavy atom. The topological polar surface area (TPSA) is 69.7 Å². The molecule has 6 nitrogen and oxygen atoms in total. The van der Waals surface area contributed by atoms with E-state index in [0.717, 1.165) is 28.6 Å². The average molecular weight is 436 g/mol. The number of amides is 3. The molecule has 0 atom stereocenters. The van der Waals surface area contributed by atoms with Crippen molar-refractivity contribution in [2.75, 3.05) is 32.0 Å². The van der Waals surface area contributed by atoms with E-state index in [9.17, 15) is 14.4 Å². The fraction of sp³-hybridized carbons (Fsp3) is 0.550. The molecule has 1 N–H and O–H groups in total. The first-order chi connectivity index (χ1) is 12.8. The Hall–Kier alpha value is -1.89. The van der Waals surface area contributed by atoms with Gasteiger partial charge in [-0.05, 0) is 56.4 Å². The van der Waals surface area contributed by atoms with Gasteiger partial charge in [0, 0.05) is 42.1 Å². The second kappa shape index (κ2) is 8.42. The molecular formula is C20H26BrN3O3. The molecule has 1 aromatic carbocycles. The molecule has 0 radical (unpaired) electrons. The van der Waals surface area contributed by atoms with Crippen LogP contribution in [0.25, 0.3) is 0 Å². The monoisotopic (exact) mass is 435 g/mol. The Bertz CT molecular complexity index is 740. The standard InChI is InChI=1S/C20H26BrN3O3/c1-13-11-16(21)5-6-17(13)22-18(25)12-23(2)19(26)15-7-9-24(10-8-15)20(27)14-3-4-14/h5-6,11,14-15H,3-4,7-10,12H2,1-2H3,(H,22,25). The van der Waals surface area contributed by atoms with Crippen LogP contribution in [0, 0.1) is 18.8 Å². The summed E-state index contributed by atoms with van der Waals surface area (Å²) in [6.45, 7) is 3.23. The van der Waals surface area contributed by atoms with Gasteiger partial charge in [-0.15, -0.1) is 0 Å². The fourth-order valence-electron chi connectivity index (χ4n) is 3.50. The summed E-state index contributed by atoms with van der Waals surface area (Å²) in [4.78, 5) is 40.5. The quantitative estimate of drug-likeness (QED) is 0.772. The van der Waals surface area contributed by atoms with E-state index in [1.54, 1.807) is 7.05 Å². The number of likely N-dealkylation sites (N-methyl/N-ethyl adjacent to an activating group) is 1. The third-order valence-corrected chi connectivity index (χ3v) is 5.80. The summed E-state index contributed by atoms with van der Waals surface area (Å²) in [6, 6.07) is 5.64. The molecule has 1 aliphatic carbocycles. The van der Waals surface area contributed by atoms with Crippen molar-refractivity contribution in [3.63, 3.8) is 0 Å². The summed E-state index contributed by atoms with van der Waals surface area (Å²) in [7, 11) is 1.66. The summed E-state index contributed by atoms with van der Waals surface area (Å²) in [5.41, 5.74) is 1.70. The second-order valence-corrected chi connectivity index (χ2v) is 8.49. The van der Waals surface area contributed by atoms with Gasteiger partial charge in [0.2, 0.25) is 17.7 Å². The molecule has 1 heterocycles. The van der Waals surface area contributed by atoms with Crippen molar-refractivity contribution in [3.05, 3.63) is 28.2 Å². The number of hydrogen-bond acceptors (Lipinski definition) is 3. The zero-order chi connectivity index (χ0) is 19.6. The number of benzene rings is 1. The summed E-state index contributed by atoms with van der Waals surface area (Å²) >= 11 is 3.40. The molecule has 146 valence electrons. The molecular weight excluding hydrogens is 410 g/mol. The highest BCUT2D eigenvalue weighted by molar-refractivity contribution is 9.10. The van der Waals surface area contributed by atoms with Gasteiger partial charge in [0.25, 0.3) is 0 Å². The number of nitrogens with zero attached hydrogens (tertiary/aromatic N) is 2. The molecule has 1 saturated carbocycles. The van der Waals surface area contributed by atoms with Gasteiger partial charge in [-0.2, -0.15) is 0 Å².